The summed E-state index contributed by atoms with van der Waals surface area (Å²) in [6.45, 7) is 3.29. The number of hydrogen-bond acceptors (Lipinski definition) is 8. The van der Waals surface area contributed by atoms with E-state index in [4.69, 9.17) is 14.2 Å². The number of aliphatic hydroxyl groups excluding tert-OH is 1. The van der Waals surface area contributed by atoms with Crippen molar-refractivity contribution in [1.82, 2.24) is 15.2 Å². The highest BCUT2D eigenvalue weighted by molar-refractivity contribution is 5.87. The summed E-state index contributed by atoms with van der Waals surface area (Å²) in [5.41, 5.74) is 4.46. The lowest BCUT2D eigenvalue weighted by molar-refractivity contribution is -0.0336. The van der Waals surface area contributed by atoms with Crippen LogP contribution in [-0.4, -0.2) is 59.0 Å². The fourth-order valence-corrected chi connectivity index (χ4v) is 7.57. The van der Waals surface area contributed by atoms with E-state index in [1.54, 1.807) is 19.2 Å². The zero-order valence-electron chi connectivity index (χ0n) is 29.3. The lowest BCUT2D eigenvalue weighted by Crippen LogP contribution is -2.52. The molecule has 3 fully saturated rings. The van der Waals surface area contributed by atoms with Crippen molar-refractivity contribution in [3.8, 4) is 17.2 Å². The van der Waals surface area contributed by atoms with Crippen molar-refractivity contribution in [3.63, 3.8) is 0 Å². The lowest BCUT2D eigenvalue weighted by Gasteiger charge is -2.43. The standard InChI is InChI=1S/C42H45N3O7/c1-50-37-23-27(13-14-28(37)9-6-12-35(46)33-15-17-36(47)41-34(33)16-18-39(48)43-41)26-51-32-11-5-10-31(24-32)40(30-7-3-2-4-8-30)44-42(49)52-38-25-45-21-19-29(38)20-22-45/h2-5,7-8,10-11,13-18,23-24,29,35,38,40,46-47H,6,9,12,19-22,25-26H2,1H3,(H,43,48)(H,44,49)/t35-,38-,40-/m0/s1. The number of H-pyrrole nitrogens is 1. The van der Waals surface area contributed by atoms with Gasteiger partial charge in [0.25, 0.3) is 0 Å². The van der Waals surface area contributed by atoms with Crippen LogP contribution in [0.5, 0.6) is 17.2 Å². The smallest absolute Gasteiger partial charge is 0.408 e. The minimum atomic E-state index is -0.768. The molecule has 1 aromatic heterocycles. The van der Waals surface area contributed by atoms with E-state index in [0.717, 1.165) is 60.5 Å². The van der Waals surface area contributed by atoms with Gasteiger partial charge in [-0.1, -0.05) is 60.7 Å². The molecule has 8 rings (SSSR count). The predicted octanol–water partition coefficient (Wildman–Crippen LogP) is 6.79. The van der Waals surface area contributed by atoms with Gasteiger partial charge in [-0.3, -0.25) is 9.69 Å². The highest BCUT2D eigenvalue weighted by atomic mass is 16.6. The summed E-state index contributed by atoms with van der Waals surface area (Å²) in [4.78, 5) is 30.0. The molecule has 0 radical (unpaired) electrons. The zero-order valence-corrected chi connectivity index (χ0v) is 29.3. The first-order valence-corrected chi connectivity index (χ1v) is 18.0. The molecule has 4 heterocycles. The number of amides is 1. The number of nitrogens with one attached hydrogen (secondary N) is 2. The minimum Gasteiger partial charge on any atom is -0.506 e. The minimum absolute atomic E-state index is 0.0322. The van der Waals surface area contributed by atoms with Crippen LogP contribution in [0, 0.1) is 5.92 Å². The molecule has 0 aliphatic carbocycles. The number of aliphatic hydroxyl groups is 1. The number of nitrogens with zero attached hydrogens (tertiary/aromatic N) is 1. The number of methoxy groups -OCH3 is 1. The van der Waals surface area contributed by atoms with Gasteiger partial charge < -0.3 is 34.7 Å². The first kappa shape index (κ1) is 35.1. The molecule has 52 heavy (non-hydrogen) atoms. The third kappa shape index (κ3) is 8.09. The summed E-state index contributed by atoms with van der Waals surface area (Å²) >= 11 is 0. The summed E-state index contributed by atoms with van der Waals surface area (Å²) in [5.74, 6) is 1.81. The fraction of sp³-hybridized carbons (Fsp3) is 0.333. The van der Waals surface area contributed by atoms with E-state index < -0.39 is 18.2 Å². The molecule has 1 amide bonds. The molecule has 10 nitrogen and oxygen atoms in total. The summed E-state index contributed by atoms with van der Waals surface area (Å²) in [7, 11) is 1.64. The van der Waals surface area contributed by atoms with Gasteiger partial charge in [-0.15, -0.1) is 0 Å². The molecule has 10 heteroatoms. The second-order valence-corrected chi connectivity index (χ2v) is 13.8. The number of piperidine rings is 3. The predicted molar refractivity (Wildman–Crippen MR) is 199 cm³/mol. The maximum absolute atomic E-state index is 13.2. The number of phenols is 1. The van der Waals surface area contributed by atoms with Gasteiger partial charge >= 0.3 is 6.09 Å². The van der Waals surface area contributed by atoms with Gasteiger partial charge in [0.15, 0.2) is 0 Å². The summed E-state index contributed by atoms with van der Waals surface area (Å²) in [5, 5.41) is 24.9. The molecule has 3 saturated heterocycles. The van der Waals surface area contributed by atoms with Crippen LogP contribution >= 0.6 is 0 Å². The highest BCUT2D eigenvalue weighted by Crippen LogP contribution is 2.33. The summed E-state index contributed by atoms with van der Waals surface area (Å²) in [6.07, 6.45) is 2.75. The van der Waals surface area contributed by atoms with E-state index in [-0.39, 0.29) is 17.4 Å². The number of pyridine rings is 1. The molecule has 0 spiro atoms. The number of rotatable bonds is 13. The average Bonchev–Trinajstić information content (AvgIpc) is 3.17. The highest BCUT2D eigenvalue weighted by Gasteiger charge is 2.37. The topological polar surface area (TPSA) is 133 Å². The molecular formula is C42H45N3O7. The van der Waals surface area contributed by atoms with Crippen LogP contribution in [0.3, 0.4) is 0 Å². The van der Waals surface area contributed by atoms with Gasteiger partial charge in [-0.05, 0) is 109 Å². The molecule has 4 aromatic carbocycles. The Morgan fingerprint density at radius 1 is 0.962 bits per heavy atom. The number of aromatic amines is 1. The van der Waals surface area contributed by atoms with Gasteiger partial charge in [0.05, 0.1) is 24.8 Å². The van der Waals surface area contributed by atoms with Gasteiger partial charge in [0.2, 0.25) is 5.56 Å². The Kier molecular flexibility index (Phi) is 10.7. The first-order valence-electron chi connectivity index (χ1n) is 18.0. The van der Waals surface area contributed by atoms with Crippen LogP contribution < -0.4 is 20.3 Å². The van der Waals surface area contributed by atoms with Crippen LogP contribution in [0.4, 0.5) is 4.79 Å². The van der Waals surface area contributed by atoms with Crippen molar-refractivity contribution in [2.75, 3.05) is 26.7 Å². The van der Waals surface area contributed by atoms with Crippen LogP contribution in [0.2, 0.25) is 0 Å². The summed E-state index contributed by atoms with van der Waals surface area (Å²) < 4.78 is 18.0. The quantitative estimate of drug-likeness (QED) is 0.105. The average molecular weight is 704 g/mol. The molecule has 270 valence electrons. The van der Waals surface area contributed by atoms with Crippen molar-refractivity contribution in [2.45, 2.75) is 57.0 Å². The van der Waals surface area contributed by atoms with E-state index in [1.165, 1.54) is 12.1 Å². The lowest BCUT2D eigenvalue weighted by atomic mass is 9.86. The maximum atomic E-state index is 13.2. The molecule has 3 aliphatic rings. The Hall–Kier alpha value is -5.32. The van der Waals surface area contributed by atoms with E-state index in [0.29, 0.717) is 54.0 Å². The number of aromatic hydroxyl groups is 1. The number of alkyl carbamates (subject to hydrolysis) is 1. The number of ether oxygens (including phenoxy) is 3. The monoisotopic (exact) mass is 703 g/mol. The molecule has 0 saturated carbocycles. The van der Waals surface area contributed by atoms with E-state index in [1.807, 2.05) is 72.8 Å². The molecule has 2 bridgehead atoms. The Balaban J connectivity index is 0.975. The second-order valence-electron chi connectivity index (χ2n) is 13.8. The number of fused-ring (bicyclic) bond motifs is 4. The maximum Gasteiger partial charge on any atom is 0.408 e. The molecule has 3 aliphatic heterocycles. The van der Waals surface area contributed by atoms with Gasteiger partial charge in [-0.25, -0.2) is 4.79 Å². The van der Waals surface area contributed by atoms with Gasteiger partial charge in [-0.2, -0.15) is 0 Å². The molecular weight excluding hydrogens is 658 g/mol. The third-order valence-corrected chi connectivity index (χ3v) is 10.4. The molecule has 4 N–H and O–H groups in total. The van der Waals surface area contributed by atoms with Crippen molar-refractivity contribution in [2.24, 2.45) is 5.92 Å². The number of benzene rings is 4. The Morgan fingerprint density at radius 2 is 1.77 bits per heavy atom. The number of carbonyl (C=O) groups is 1. The van der Waals surface area contributed by atoms with E-state index in [9.17, 15) is 19.8 Å². The number of hydrogen-bond donors (Lipinski definition) is 4. The first-order chi connectivity index (χ1) is 25.3. The van der Waals surface area contributed by atoms with Crippen LogP contribution in [0.1, 0.15) is 65.6 Å². The Morgan fingerprint density at radius 3 is 2.54 bits per heavy atom. The van der Waals surface area contributed by atoms with Crippen LogP contribution in [-0.2, 0) is 17.8 Å². The third-order valence-electron chi connectivity index (χ3n) is 10.4. The van der Waals surface area contributed by atoms with Gasteiger partial charge in [0.1, 0.15) is 30.0 Å². The van der Waals surface area contributed by atoms with Crippen molar-refractivity contribution in [3.05, 3.63) is 135 Å². The summed E-state index contributed by atoms with van der Waals surface area (Å²) in [6, 6.07) is 29.5. The number of aryl methyl sites for hydroxylation is 1. The normalized spacial score (nSPS) is 19.2. The number of phenolic OH excluding ortho intramolecular Hbond substituents is 1. The fourth-order valence-electron chi connectivity index (χ4n) is 7.57. The SMILES string of the molecule is COc1cc(COc2cccc([C@@H](NC(=O)O[C@H]3CN4CCC3CC4)c3ccccc3)c2)ccc1CCC[C@H](O)c1ccc(O)c2[nH]c(=O)ccc12. The zero-order chi connectivity index (χ0) is 36.0. The molecule has 5 aromatic rings. The van der Waals surface area contributed by atoms with E-state index in [2.05, 4.69) is 15.2 Å². The van der Waals surface area contributed by atoms with Crippen LogP contribution in [0.25, 0.3) is 10.9 Å². The van der Waals surface area contributed by atoms with Crippen molar-refractivity contribution in [1.29, 1.82) is 0 Å². The number of aromatic nitrogens is 1. The molecule has 3 atom stereocenters. The van der Waals surface area contributed by atoms with E-state index >= 15 is 0 Å². The molecule has 0 unspecified atom stereocenters. The second kappa shape index (κ2) is 15.9. The Labute approximate surface area is 303 Å². The van der Waals surface area contributed by atoms with Crippen molar-refractivity contribution < 1.29 is 29.2 Å². The van der Waals surface area contributed by atoms with Crippen molar-refractivity contribution >= 4 is 17.0 Å². The van der Waals surface area contributed by atoms with Gasteiger partial charge in [0, 0.05) is 18.0 Å². The Bertz CT molecular complexity index is 2060. The van der Waals surface area contributed by atoms with Crippen LogP contribution in [0.15, 0.2) is 102 Å². The largest absolute Gasteiger partial charge is 0.506 e. The number of carbonyl (C=O) groups excluding carboxylic acids is 1.